The van der Waals surface area contributed by atoms with E-state index in [4.69, 9.17) is 4.84 Å². The van der Waals surface area contributed by atoms with Crippen LogP contribution in [0.25, 0.3) is 0 Å². The van der Waals surface area contributed by atoms with Crippen molar-refractivity contribution in [1.82, 2.24) is 0 Å². The molecule has 0 spiro atoms. The van der Waals surface area contributed by atoms with E-state index in [9.17, 15) is 4.79 Å². The predicted octanol–water partition coefficient (Wildman–Crippen LogP) is 2.94. The van der Waals surface area contributed by atoms with Crippen LogP contribution in [0.3, 0.4) is 0 Å². The summed E-state index contributed by atoms with van der Waals surface area (Å²) in [6, 6.07) is 9.22. The molecule has 0 aliphatic rings. The molecule has 0 aliphatic carbocycles. The first kappa shape index (κ1) is 12.5. The summed E-state index contributed by atoms with van der Waals surface area (Å²) in [4.78, 5) is 17.3. The molecule has 0 saturated heterocycles. The first-order chi connectivity index (χ1) is 7.44. The molecule has 0 aliphatic heterocycles. The molecule has 1 amide bonds. The van der Waals surface area contributed by atoms with Crippen molar-refractivity contribution in [2.24, 2.45) is 0 Å². The van der Waals surface area contributed by atoms with Gasteiger partial charge in [-0.25, -0.2) is 0 Å². The zero-order chi connectivity index (χ0) is 12.2. The molecular weight excluding hydrogens is 202 g/mol. The van der Waals surface area contributed by atoms with Crippen LogP contribution >= 0.6 is 0 Å². The molecule has 0 heterocycles. The zero-order valence-corrected chi connectivity index (χ0v) is 9.93. The molecule has 0 bridgehead atoms. The highest BCUT2D eigenvalue weighted by Gasteiger charge is 2.21. The number of rotatable bonds is 3. The van der Waals surface area contributed by atoms with E-state index in [2.05, 4.69) is 6.58 Å². The minimum atomic E-state index is -0.436. The standard InChI is InChI=1S/C13H17NO2/c1-5-12(15)14(16-13(2,3)4)11-9-7-6-8-10-11/h5-10H,1H2,2-4H3. The molecule has 0 fully saturated rings. The van der Waals surface area contributed by atoms with E-state index in [0.29, 0.717) is 5.69 Å². The lowest BCUT2D eigenvalue weighted by Crippen LogP contribution is -2.37. The molecule has 0 atom stereocenters. The van der Waals surface area contributed by atoms with Gasteiger partial charge in [-0.15, -0.1) is 0 Å². The third-order valence-electron chi connectivity index (χ3n) is 1.73. The number of anilines is 1. The van der Waals surface area contributed by atoms with Crippen molar-refractivity contribution >= 4 is 11.6 Å². The van der Waals surface area contributed by atoms with Crippen LogP contribution in [0.4, 0.5) is 5.69 Å². The smallest absolute Gasteiger partial charge is 0.267 e. The molecule has 0 radical (unpaired) electrons. The highest BCUT2D eigenvalue weighted by atomic mass is 16.7. The third-order valence-corrected chi connectivity index (χ3v) is 1.73. The van der Waals surface area contributed by atoms with Gasteiger partial charge in [0.2, 0.25) is 0 Å². The highest BCUT2D eigenvalue weighted by molar-refractivity contribution is 5.99. The number of benzene rings is 1. The molecule has 0 unspecified atom stereocenters. The molecule has 0 aromatic heterocycles. The van der Waals surface area contributed by atoms with E-state index in [1.807, 2.05) is 51.1 Å². The Hall–Kier alpha value is -1.61. The maximum absolute atomic E-state index is 11.7. The topological polar surface area (TPSA) is 29.5 Å². The first-order valence-electron chi connectivity index (χ1n) is 5.15. The fourth-order valence-electron chi connectivity index (χ4n) is 1.15. The second kappa shape index (κ2) is 4.94. The van der Waals surface area contributed by atoms with E-state index in [-0.39, 0.29) is 5.91 Å². The van der Waals surface area contributed by atoms with Crippen molar-refractivity contribution in [2.45, 2.75) is 26.4 Å². The average molecular weight is 219 g/mol. The van der Waals surface area contributed by atoms with Gasteiger partial charge in [0, 0.05) is 0 Å². The summed E-state index contributed by atoms with van der Waals surface area (Å²) in [6.07, 6.45) is 1.23. The van der Waals surface area contributed by atoms with Crippen molar-refractivity contribution < 1.29 is 9.63 Å². The summed E-state index contributed by atoms with van der Waals surface area (Å²) in [5.74, 6) is -0.277. The third kappa shape index (κ3) is 3.51. The van der Waals surface area contributed by atoms with Gasteiger partial charge in [-0.3, -0.25) is 9.63 Å². The molecule has 1 aromatic rings. The van der Waals surface area contributed by atoms with Crippen LogP contribution < -0.4 is 5.06 Å². The number of carbonyl (C=O) groups is 1. The van der Waals surface area contributed by atoms with Crippen LogP contribution in [0, 0.1) is 0 Å². The van der Waals surface area contributed by atoms with E-state index < -0.39 is 5.60 Å². The monoisotopic (exact) mass is 219 g/mol. The van der Waals surface area contributed by atoms with Crippen LogP contribution in [0.15, 0.2) is 43.0 Å². The molecule has 16 heavy (non-hydrogen) atoms. The summed E-state index contributed by atoms with van der Waals surface area (Å²) < 4.78 is 0. The van der Waals surface area contributed by atoms with Gasteiger partial charge >= 0.3 is 0 Å². The van der Waals surface area contributed by atoms with Crippen LogP contribution in [0.5, 0.6) is 0 Å². The molecule has 86 valence electrons. The maximum Gasteiger partial charge on any atom is 0.274 e. The van der Waals surface area contributed by atoms with Crippen molar-refractivity contribution in [3.05, 3.63) is 43.0 Å². The number of nitrogens with zero attached hydrogens (tertiary/aromatic N) is 1. The van der Waals surface area contributed by atoms with Crippen LogP contribution in [0.1, 0.15) is 20.8 Å². The fraction of sp³-hybridized carbons (Fsp3) is 0.308. The lowest BCUT2D eigenvalue weighted by molar-refractivity contribution is -0.127. The van der Waals surface area contributed by atoms with E-state index in [1.54, 1.807) is 0 Å². The number of hydrogen-bond acceptors (Lipinski definition) is 2. The van der Waals surface area contributed by atoms with Crippen LogP contribution in [0.2, 0.25) is 0 Å². The SMILES string of the molecule is C=CC(=O)N(OC(C)(C)C)c1ccccc1. The molecule has 1 rings (SSSR count). The lowest BCUT2D eigenvalue weighted by Gasteiger charge is -2.28. The number of hydrogen-bond donors (Lipinski definition) is 0. The van der Waals surface area contributed by atoms with Crippen molar-refractivity contribution in [3.63, 3.8) is 0 Å². The van der Waals surface area contributed by atoms with E-state index >= 15 is 0 Å². The summed E-state index contributed by atoms with van der Waals surface area (Å²) in [5.41, 5.74) is 0.261. The van der Waals surface area contributed by atoms with Gasteiger partial charge in [-0.1, -0.05) is 24.8 Å². The Bertz CT molecular complexity index is 365. The van der Waals surface area contributed by atoms with E-state index in [1.165, 1.54) is 11.1 Å². The summed E-state index contributed by atoms with van der Waals surface area (Å²) >= 11 is 0. The van der Waals surface area contributed by atoms with Crippen LogP contribution in [-0.4, -0.2) is 11.5 Å². The molecule has 0 N–H and O–H groups in total. The van der Waals surface area contributed by atoms with Gasteiger partial charge in [0.1, 0.15) is 0 Å². The quantitative estimate of drug-likeness (QED) is 0.578. The number of para-hydroxylation sites is 1. The average Bonchev–Trinajstić information content (AvgIpc) is 2.25. The Morgan fingerprint density at radius 1 is 1.31 bits per heavy atom. The molecule has 3 heteroatoms. The summed E-state index contributed by atoms with van der Waals surface area (Å²) in [5, 5.41) is 1.26. The fourth-order valence-corrected chi connectivity index (χ4v) is 1.15. The Kier molecular flexibility index (Phi) is 3.85. The molecule has 3 nitrogen and oxygen atoms in total. The van der Waals surface area contributed by atoms with Gasteiger partial charge < -0.3 is 0 Å². The van der Waals surface area contributed by atoms with Gasteiger partial charge in [-0.2, -0.15) is 5.06 Å². The van der Waals surface area contributed by atoms with Gasteiger partial charge in [0.25, 0.3) is 5.91 Å². The van der Waals surface area contributed by atoms with Gasteiger partial charge in [0.05, 0.1) is 11.3 Å². The molecule has 0 saturated carbocycles. The number of amides is 1. The summed E-state index contributed by atoms with van der Waals surface area (Å²) in [6.45, 7) is 9.13. The van der Waals surface area contributed by atoms with Crippen molar-refractivity contribution in [3.8, 4) is 0 Å². The molecule has 1 aromatic carbocycles. The normalized spacial score (nSPS) is 10.9. The Morgan fingerprint density at radius 3 is 2.31 bits per heavy atom. The second-order valence-electron chi connectivity index (χ2n) is 4.38. The van der Waals surface area contributed by atoms with Gasteiger partial charge in [0.15, 0.2) is 0 Å². The molecular formula is C13H17NO2. The highest BCUT2D eigenvalue weighted by Crippen LogP contribution is 2.19. The van der Waals surface area contributed by atoms with Gasteiger partial charge in [-0.05, 0) is 39.0 Å². The number of carbonyl (C=O) groups excluding carboxylic acids is 1. The van der Waals surface area contributed by atoms with Crippen LogP contribution in [-0.2, 0) is 9.63 Å². The summed E-state index contributed by atoms with van der Waals surface area (Å²) in [7, 11) is 0. The predicted molar refractivity (Wildman–Crippen MR) is 65.0 cm³/mol. The van der Waals surface area contributed by atoms with Crippen molar-refractivity contribution in [1.29, 1.82) is 0 Å². The lowest BCUT2D eigenvalue weighted by atomic mass is 10.2. The largest absolute Gasteiger partial charge is 0.274 e. The van der Waals surface area contributed by atoms with E-state index in [0.717, 1.165) is 0 Å². The number of hydroxylamine groups is 1. The Morgan fingerprint density at radius 2 is 1.88 bits per heavy atom. The second-order valence-corrected chi connectivity index (χ2v) is 4.38. The first-order valence-corrected chi connectivity index (χ1v) is 5.15. The minimum Gasteiger partial charge on any atom is -0.267 e. The zero-order valence-electron chi connectivity index (χ0n) is 9.93. The minimum absolute atomic E-state index is 0.277. The Labute approximate surface area is 96.3 Å². The maximum atomic E-state index is 11.7. The Balaban J connectivity index is 2.97. The van der Waals surface area contributed by atoms with Crippen molar-refractivity contribution in [2.75, 3.05) is 5.06 Å².